The predicted octanol–water partition coefficient (Wildman–Crippen LogP) is 2.09. The number of nitrogens with zero attached hydrogens (tertiary/aromatic N) is 2. The highest BCUT2D eigenvalue weighted by Gasteiger charge is 2.38. The summed E-state index contributed by atoms with van der Waals surface area (Å²) in [6, 6.07) is -0.0423. The summed E-state index contributed by atoms with van der Waals surface area (Å²) in [6.45, 7) is 0.460. The molecule has 0 spiro atoms. The first-order valence-electron chi connectivity index (χ1n) is 8.22. The molecule has 0 radical (unpaired) electrons. The Kier molecular flexibility index (Phi) is 5.35. The van der Waals surface area contributed by atoms with E-state index in [1.54, 1.807) is 0 Å². The van der Waals surface area contributed by atoms with E-state index >= 15 is 0 Å². The molecule has 2 aliphatic rings. The van der Waals surface area contributed by atoms with Gasteiger partial charge in [-0.25, -0.2) is 9.78 Å². The van der Waals surface area contributed by atoms with Gasteiger partial charge < -0.3 is 25.3 Å². The second kappa shape index (κ2) is 7.52. The summed E-state index contributed by atoms with van der Waals surface area (Å²) in [5.74, 6) is -0.443. The number of anilines is 1. The van der Waals surface area contributed by atoms with Crippen LogP contribution in [0.25, 0.3) is 0 Å². The van der Waals surface area contributed by atoms with E-state index in [1.807, 2.05) is 0 Å². The number of rotatable bonds is 5. The van der Waals surface area contributed by atoms with Gasteiger partial charge in [0.1, 0.15) is 17.8 Å². The summed E-state index contributed by atoms with van der Waals surface area (Å²) in [4.78, 5) is 18.4. The Labute approximate surface area is 147 Å². The summed E-state index contributed by atoms with van der Waals surface area (Å²) >= 11 is 0. The van der Waals surface area contributed by atoms with Gasteiger partial charge in [0.25, 0.3) is 0 Å². The van der Waals surface area contributed by atoms with Crippen molar-refractivity contribution in [2.24, 2.45) is 5.73 Å². The maximum atomic E-state index is 13.1. The zero-order chi connectivity index (χ0) is 18.7. The molecule has 0 unspecified atom stereocenters. The van der Waals surface area contributed by atoms with Gasteiger partial charge in [0.15, 0.2) is 0 Å². The van der Waals surface area contributed by atoms with Crippen LogP contribution in [0.2, 0.25) is 0 Å². The first-order chi connectivity index (χ1) is 12.3. The second-order valence-corrected chi connectivity index (χ2v) is 6.24. The number of hydrogen-bond acceptors (Lipinski definition) is 7. The molecule has 0 bridgehead atoms. The maximum Gasteiger partial charge on any atom is 0.423 e. The Bertz CT molecular complexity index is 646. The molecule has 1 aromatic heterocycles. The molecule has 8 nitrogen and oxygen atoms in total. The molecular formula is C15H19F3N4O4. The molecule has 3 rings (SSSR count). The molecule has 3 N–H and O–H groups in total. The van der Waals surface area contributed by atoms with Crippen LogP contribution < -0.4 is 15.8 Å². The van der Waals surface area contributed by atoms with Gasteiger partial charge >= 0.3 is 12.3 Å². The van der Waals surface area contributed by atoms with Crippen LogP contribution >= 0.6 is 0 Å². The van der Waals surface area contributed by atoms with Crippen LogP contribution in [0.3, 0.4) is 0 Å². The summed E-state index contributed by atoms with van der Waals surface area (Å²) < 4.78 is 54.4. The number of amides is 1. The summed E-state index contributed by atoms with van der Waals surface area (Å²) in [6.07, 6.45) is -2.89. The third-order valence-corrected chi connectivity index (χ3v) is 4.24. The number of aromatic nitrogens is 2. The molecule has 26 heavy (non-hydrogen) atoms. The molecule has 1 saturated carbocycles. The highest BCUT2D eigenvalue weighted by atomic mass is 19.4. The zero-order valence-corrected chi connectivity index (χ0v) is 13.8. The van der Waals surface area contributed by atoms with Gasteiger partial charge in [0.05, 0.1) is 13.2 Å². The Balaban J connectivity index is 1.64. The first-order valence-corrected chi connectivity index (χ1v) is 8.22. The van der Waals surface area contributed by atoms with Crippen molar-refractivity contribution < 1.29 is 32.2 Å². The van der Waals surface area contributed by atoms with E-state index in [9.17, 15) is 18.0 Å². The molecule has 1 aliphatic carbocycles. The molecule has 2 fully saturated rings. The van der Waals surface area contributed by atoms with Crippen LogP contribution in [-0.4, -0.2) is 47.5 Å². The largest absolute Gasteiger partial charge is 0.469 e. The Hall–Kier alpha value is -2.30. The number of halogens is 3. The summed E-state index contributed by atoms with van der Waals surface area (Å²) in [5, 5.41) is 3.01. The number of primary amides is 1. The summed E-state index contributed by atoms with van der Waals surface area (Å²) in [7, 11) is 0. The van der Waals surface area contributed by atoms with Crippen molar-refractivity contribution in [1.82, 2.24) is 9.97 Å². The van der Waals surface area contributed by atoms with Crippen LogP contribution in [0.4, 0.5) is 23.9 Å². The normalized spacial score (nSPS) is 23.8. The van der Waals surface area contributed by atoms with Gasteiger partial charge in [0.2, 0.25) is 11.8 Å². The molecule has 11 heteroatoms. The van der Waals surface area contributed by atoms with Gasteiger partial charge in [-0.2, -0.15) is 18.2 Å². The highest BCUT2D eigenvalue weighted by Crippen LogP contribution is 2.36. The van der Waals surface area contributed by atoms with E-state index < -0.39 is 29.8 Å². The molecule has 1 saturated heterocycles. The monoisotopic (exact) mass is 376 g/mol. The lowest BCUT2D eigenvalue weighted by Gasteiger charge is -2.29. The molecule has 0 atom stereocenters. The average Bonchev–Trinajstić information content (AvgIpc) is 2.51. The van der Waals surface area contributed by atoms with Crippen LogP contribution in [-0.2, 0) is 15.7 Å². The topological polar surface area (TPSA) is 109 Å². The van der Waals surface area contributed by atoms with E-state index in [0.29, 0.717) is 31.9 Å². The van der Waals surface area contributed by atoms with Crippen molar-refractivity contribution in [3.8, 4) is 5.88 Å². The van der Waals surface area contributed by atoms with E-state index in [4.69, 9.17) is 19.9 Å². The zero-order valence-electron chi connectivity index (χ0n) is 13.8. The number of carbonyl (C=O) groups excluding carboxylic acids is 1. The average molecular weight is 376 g/mol. The van der Waals surface area contributed by atoms with Crippen molar-refractivity contribution in [2.75, 3.05) is 18.5 Å². The minimum atomic E-state index is -4.61. The molecule has 1 amide bonds. The third-order valence-electron chi connectivity index (χ3n) is 4.24. The van der Waals surface area contributed by atoms with Crippen molar-refractivity contribution in [1.29, 1.82) is 0 Å². The number of carbonyl (C=O) groups is 1. The molecule has 1 aliphatic heterocycles. The SMILES string of the molecule is NC(=O)O[C@H]1CC[C@H](Nc2ncc(C(F)(F)F)c(OC3COC3)n2)CC1. The molecule has 2 heterocycles. The van der Waals surface area contributed by atoms with Crippen molar-refractivity contribution in [2.45, 2.75) is 50.1 Å². The standard InChI is InChI=1S/C15H19F3N4O4/c16-15(17,18)11-5-20-14(22-12(11)25-10-6-24-7-10)21-8-1-3-9(4-2-8)26-13(19)23/h5,8-10H,1-4,6-7H2,(H2,19,23)(H,20,21,22)/t8-,9-. The minimum Gasteiger partial charge on any atom is -0.469 e. The van der Waals surface area contributed by atoms with Gasteiger partial charge in [-0.1, -0.05) is 0 Å². The summed E-state index contributed by atoms with van der Waals surface area (Å²) in [5.41, 5.74) is 3.97. The lowest BCUT2D eigenvalue weighted by Crippen LogP contribution is -2.39. The van der Waals surface area contributed by atoms with E-state index in [2.05, 4.69) is 15.3 Å². The van der Waals surface area contributed by atoms with Crippen molar-refractivity contribution >= 4 is 12.0 Å². The van der Waals surface area contributed by atoms with Gasteiger partial charge in [-0.3, -0.25) is 0 Å². The number of hydrogen-bond donors (Lipinski definition) is 2. The fourth-order valence-electron chi connectivity index (χ4n) is 2.83. The van der Waals surface area contributed by atoms with Gasteiger partial charge in [-0.05, 0) is 25.7 Å². The Morgan fingerprint density at radius 3 is 2.46 bits per heavy atom. The highest BCUT2D eigenvalue weighted by molar-refractivity contribution is 5.64. The number of nitrogens with one attached hydrogen (secondary N) is 1. The van der Waals surface area contributed by atoms with Gasteiger partial charge in [0, 0.05) is 12.2 Å². The minimum absolute atomic E-state index is 0.0423. The molecule has 1 aromatic rings. The lowest BCUT2D eigenvalue weighted by molar-refractivity contribution is -0.142. The maximum absolute atomic E-state index is 13.1. The van der Waals surface area contributed by atoms with E-state index in [0.717, 1.165) is 0 Å². The van der Waals surface area contributed by atoms with Crippen LogP contribution in [0.15, 0.2) is 6.20 Å². The predicted molar refractivity (Wildman–Crippen MR) is 82.6 cm³/mol. The smallest absolute Gasteiger partial charge is 0.423 e. The third kappa shape index (κ3) is 4.65. The number of alkyl halides is 3. The van der Waals surface area contributed by atoms with E-state index in [1.165, 1.54) is 0 Å². The Morgan fingerprint density at radius 2 is 1.92 bits per heavy atom. The van der Waals surface area contributed by atoms with Crippen LogP contribution in [0, 0.1) is 0 Å². The first kappa shape index (κ1) is 18.5. The van der Waals surface area contributed by atoms with Crippen LogP contribution in [0.5, 0.6) is 5.88 Å². The number of ether oxygens (including phenoxy) is 3. The fraction of sp³-hybridized carbons (Fsp3) is 0.667. The quantitative estimate of drug-likeness (QED) is 0.810. The second-order valence-electron chi connectivity index (χ2n) is 6.24. The number of nitrogens with two attached hydrogens (primary N) is 1. The Morgan fingerprint density at radius 1 is 1.23 bits per heavy atom. The van der Waals surface area contributed by atoms with Crippen LogP contribution in [0.1, 0.15) is 31.2 Å². The molecule has 144 valence electrons. The van der Waals surface area contributed by atoms with Crippen molar-refractivity contribution in [3.05, 3.63) is 11.8 Å². The molecular weight excluding hydrogens is 357 g/mol. The lowest BCUT2D eigenvalue weighted by atomic mass is 9.93. The fourth-order valence-corrected chi connectivity index (χ4v) is 2.83. The van der Waals surface area contributed by atoms with Crippen molar-refractivity contribution in [3.63, 3.8) is 0 Å². The molecule has 0 aromatic carbocycles. The van der Waals surface area contributed by atoms with E-state index in [-0.39, 0.29) is 31.3 Å². The van der Waals surface area contributed by atoms with Gasteiger partial charge in [-0.15, -0.1) is 0 Å².